The molecule has 0 spiro atoms. The minimum atomic E-state index is -0.465. The molecule has 0 saturated carbocycles. The number of carbonyl (C=O) groups excluding carboxylic acids is 1. The minimum Gasteiger partial charge on any atom is -0.506 e. The van der Waals surface area contributed by atoms with Crippen molar-refractivity contribution in [2.24, 2.45) is 0 Å². The highest BCUT2D eigenvalue weighted by Crippen LogP contribution is 2.27. The van der Waals surface area contributed by atoms with Gasteiger partial charge in [0.25, 0.3) is 0 Å². The molecule has 0 aliphatic carbocycles. The Morgan fingerprint density at radius 2 is 1.82 bits per heavy atom. The summed E-state index contributed by atoms with van der Waals surface area (Å²) < 4.78 is 5.10. The SMILES string of the molecule is O=C(Oc1ccc(O)c(Cl)c1)c1ccccc1. The Kier molecular flexibility index (Phi) is 3.30. The van der Waals surface area contributed by atoms with E-state index in [1.807, 2.05) is 6.07 Å². The summed E-state index contributed by atoms with van der Waals surface area (Å²) in [7, 11) is 0. The Bertz CT molecular complexity index is 538. The van der Waals surface area contributed by atoms with E-state index in [2.05, 4.69) is 0 Å². The van der Waals surface area contributed by atoms with Gasteiger partial charge in [0.15, 0.2) is 0 Å². The predicted octanol–water partition coefficient (Wildman–Crippen LogP) is 3.26. The molecule has 0 atom stereocenters. The zero-order valence-electron chi connectivity index (χ0n) is 8.76. The summed E-state index contributed by atoms with van der Waals surface area (Å²) in [5, 5.41) is 9.36. The number of halogens is 1. The third-order valence-corrected chi connectivity index (χ3v) is 2.44. The van der Waals surface area contributed by atoms with E-state index in [-0.39, 0.29) is 10.8 Å². The number of ether oxygens (including phenoxy) is 1. The molecule has 2 rings (SSSR count). The number of hydrogen-bond donors (Lipinski definition) is 1. The van der Waals surface area contributed by atoms with Crippen LogP contribution in [-0.2, 0) is 0 Å². The molecule has 0 aliphatic rings. The fraction of sp³-hybridized carbons (Fsp3) is 0. The van der Waals surface area contributed by atoms with Crippen LogP contribution in [0, 0.1) is 0 Å². The van der Waals surface area contributed by atoms with Crippen LogP contribution >= 0.6 is 11.6 Å². The number of carbonyl (C=O) groups is 1. The number of phenolic OH excluding ortho intramolecular Hbond substituents is 1. The largest absolute Gasteiger partial charge is 0.506 e. The average molecular weight is 249 g/mol. The van der Waals surface area contributed by atoms with Gasteiger partial charge in [-0.2, -0.15) is 0 Å². The number of benzene rings is 2. The first-order valence-corrected chi connectivity index (χ1v) is 5.30. The molecular formula is C13H9ClO3. The molecule has 3 nitrogen and oxygen atoms in total. The van der Waals surface area contributed by atoms with Gasteiger partial charge in [0.1, 0.15) is 11.5 Å². The lowest BCUT2D eigenvalue weighted by molar-refractivity contribution is 0.0734. The van der Waals surface area contributed by atoms with Gasteiger partial charge in [-0.05, 0) is 24.3 Å². The zero-order chi connectivity index (χ0) is 12.3. The Balaban J connectivity index is 2.16. The molecule has 0 heterocycles. The van der Waals surface area contributed by atoms with Crippen LogP contribution in [0.2, 0.25) is 5.02 Å². The van der Waals surface area contributed by atoms with Crippen LogP contribution < -0.4 is 4.74 Å². The van der Waals surface area contributed by atoms with E-state index in [0.717, 1.165) is 0 Å². The molecule has 86 valence electrons. The second-order valence-corrected chi connectivity index (χ2v) is 3.78. The van der Waals surface area contributed by atoms with Crippen LogP contribution in [0.5, 0.6) is 11.5 Å². The normalized spacial score (nSPS) is 9.94. The van der Waals surface area contributed by atoms with E-state index in [1.165, 1.54) is 18.2 Å². The summed E-state index contributed by atoms with van der Waals surface area (Å²) in [5.74, 6) is -0.222. The zero-order valence-corrected chi connectivity index (χ0v) is 9.52. The van der Waals surface area contributed by atoms with Crippen LogP contribution in [0.25, 0.3) is 0 Å². The van der Waals surface area contributed by atoms with Crippen LogP contribution in [0.15, 0.2) is 48.5 Å². The van der Waals surface area contributed by atoms with Crippen molar-refractivity contribution in [3.05, 3.63) is 59.1 Å². The summed E-state index contributed by atoms with van der Waals surface area (Å²) in [6.45, 7) is 0. The molecule has 2 aromatic carbocycles. The Morgan fingerprint density at radius 3 is 2.47 bits per heavy atom. The van der Waals surface area contributed by atoms with Gasteiger partial charge in [-0.3, -0.25) is 0 Å². The minimum absolute atomic E-state index is 0.0498. The van der Waals surface area contributed by atoms with Crippen molar-refractivity contribution < 1.29 is 14.6 Å². The van der Waals surface area contributed by atoms with Gasteiger partial charge in [-0.15, -0.1) is 0 Å². The van der Waals surface area contributed by atoms with Gasteiger partial charge in [-0.1, -0.05) is 29.8 Å². The first-order valence-electron chi connectivity index (χ1n) is 4.92. The van der Waals surface area contributed by atoms with E-state index in [9.17, 15) is 9.90 Å². The second kappa shape index (κ2) is 4.89. The van der Waals surface area contributed by atoms with Gasteiger partial charge in [0.2, 0.25) is 0 Å². The van der Waals surface area contributed by atoms with E-state index < -0.39 is 5.97 Å². The standard InChI is InChI=1S/C13H9ClO3/c14-11-8-10(6-7-12(11)15)17-13(16)9-4-2-1-3-5-9/h1-8,15H. The van der Waals surface area contributed by atoms with Crippen molar-refractivity contribution in [3.63, 3.8) is 0 Å². The molecular weight excluding hydrogens is 240 g/mol. The fourth-order valence-corrected chi connectivity index (χ4v) is 1.46. The van der Waals surface area contributed by atoms with Crippen molar-refractivity contribution in [2.75, 3.05) is 0 Å². The summed E-state index contributed by atoms with van der Waals surface area (Å²) in [4.78, 5) is 11.7. The highest BCUT2D eigenvalue weighted by atomic mass is 35.5. The van der Waals surface area contributed by atoms with Crippen molar-refractivity contribution in [1.82, 2.24) is 0 Å². The lowest BCUT2D eigenvalue weighted by Gasteiger charge is -2.05. The summed E-state index contributed by atoms with van der Waals surface area (Å²) in [5.41, 5.74) is 0.455. The van der Waals surface area contributed by atoms with Gasteiger partial charge < -0.3 is 9.84 Å². The lowest BCUT2D eigenvalue weighted by Crippen LogP contribution is -2.07. The molecule has 4 heteroatoms. The molecule has 0 bridgehead atoms. The van der Waals surface area contributed by atoms with Crippen LogP contribution in [0.3, 0.4) is 0 Å². The Morgan fingerprint density at radius 1 is 1.12 bits per heavy atom. The van der Waals surface area contributed by atoms with Gasteiger partial charge >= 0.3 is 5.97 Å². The third-order valence-electron chi connectivity index (χ3n) is 2.14. The lowest BCUT2D eigenvalue weighted by atomic mass is 10.2. The van der Waals surface area contributed by atoms with Crippen molar-refractivity contribution in [2.45, 2.75) is 0 Å². The smallest absolute Gasteiger partial charge is 0.343 e. The van der Waals surface area contributed by atoms with Crippen LogP contribution in [0.4, 0.5) is 0 Å². The maximum Gasteiger partial charge on any atom is 0.343 e. The fourth-order valence-electron chi connectivity index (χ4n) is 1.29. The molecule has 0 aromatic heterocycles. The molecule has 17 heavy (non-hydrogen) atoms. The molecule has 0 amide bonds. The van der Waals surface area contributed by atoms with E-state index in [1.54, 1.807) is 24.3 Å². The van der Waals surface area contributed by atoms with Crippen molar-refractivity contribution in [1.29, 1.82) is 0 Å². The molecule has 1 N–H and O–H groups in total. The number of rotatable bonds is 2. The summed E-state index contributed by atoms with van der Waals surface area (Å²) in [6, 6.07) is 12.9. The summed E-state index contributed by atoms with van der Waals surface area (Å²) in [6.07, 6.45) is 0. The van der Waals surface area contributed by atoms with Crippen LogP contribution in [0.1, 0.15) is 10.4 Å². The highest BCUT2D eigenvalue weighted by Gasteiger charge is 2.08. The third kappa shape index (κ3) is 2.77. The van der Waals surface area contributed by atoms with Crippen molar-refractivity contribution >= 4 is 17.6 Å². The Labute approximate surface area is 103 Å². The number of esters is 1. The molecule has 0 fully saturated rings. The summed E-state index contributed by atoms with van der Waals surface area (Å²) >= 11 is 5.70. The number of phenols is 1. The predicted molar refractivity (Wildman–Crippen MR) is 64.5 cm³/mol. The maximum atomic E-state index is 11.7. The Hall–Kier alpha value is -2.00. The molecule has 0 aliphatic heterocycles. The second-order valence-electron chi connectivity index (χ2n) is 3.37. The van der Waals surface area contributed by atoms with Crippen LogP contribution in [-0.4, -0.2) is 11.1 Å². The molecule has 0 unspecified atom stereocenters. The van der Waals surface area contributed by atoms with Gasteiger partial charge in [0.05, 0.1) is 10.6 Å². The molecule has 0 saturated heterocycles. The molecule has 0 radical (unpaired) electrons. The van der Waals surface area contributed by atoms with E-state index >= 15 is 0 Å². The number of aromatic hydroxyl groups is 1. The van der Waals surface area contributed by atoms with E-state index in [4.69, 9.17) is 16.3 Å². The van der Waals surface area contributed by atoms with E-state index in [0.29, 0.717) is 11.3 Å². The number of hydrogen-bond acceptors (Lipinski definition) is 3. The monoisotopic (exact) mass is 248 g/mol. The van der Waals surface area contributed by atoms with Gasteiger partial charge in [-0.25, -0.2) is 4.79 Å². The maximum absolute atomic E-state index is 11.7. The van der Waals surface area contributed by atoms with Gasteiger partial charge in [0, 0.05) is 6.07 Å². The van der Waals surface area contributed by atoms with Crippen molar-refractivity contribution in [3.8, 4) is 11.5 Å². The highest BCUT2D eigenvalue weighted by molar-refractivity contribution is 6.32. The molecule has 2 aromatic rings. The quantitative estimate of drug-likeness (QED) is 0.655. The topological polar surface area (TPSA) is 46.5 Å². The first-order chi connectivity index (χ1) is 8.16. The first kappa shape index (κ1) is 11.5. The average Bonchev–Trinajstić information content (AvgIpc) is 2.35.